The van der Waals surface area contributed by atoms with Crippen LogP contribution in [-0.2, 0) is 6.42 Å². The molecule has 2 aromatic carbocycles. The fourth-order valence-corrected chi connectivity index (χ4v) is 2.10. The molecule has 0 atom stereocenters. The lowest BCUT2D eigenvalue weighted by Gasteiger charge is -2.07. The third-order valence-electron chi connectivity index (χ3n) is 3.01. The van der Waals surface area contributed by atoms with Crippen molar-refractivity contribution in [3.63, 3.8) is 0 Å². The van der Waals surface area contributed by atoms with Gasteiger partial charge in [0.15, 0.2) is 0 Å². The van der Waals surface area contributed by atoms with Crippen molar-refractivity contribution in [2.45, 2.75) is 6.42 Å². The number of hydrogen-bond acceptors (Lipinski definition) is 4. The number of nitro groups is 1. The lowest BCUT2D eigenvalue weighted by Crippen LogP contribution is -2.14. The fraction of sp³-hybridized carbons (Fsp3) is 0.133. The number of nitrogens with one attached hydrogen (secondary N) is 1. The summed E-state index contributed by atoms with van der Waals surface area (Å²) in [5.41, 5.74) is 1.03. The summed E-state index contributed by atoms with van der Waals surface area (Å²) in [5.74, 6) is -0.585. The summed E-state index contributed by atoms with van der Waals surface area (Å²) >= 11 is 5.72. The van der Waals surface area contributed by atoms with Gasteiger partial charge in [-0.15, -0.1) is 0 Å². The van der Waals surface area contributed by atoms with Gasteiger partial charge in [-0.2, -0.15) is 0 Å². The minimum absolute atomic E-state index is 0.0443. The highest BCUT2D eigenvalue weighted by atomic mass is 35.5. The average Bonchev–Trinajstić information content (AvgIpc) is 2.49. The first kappa shape index (κ1) is 15.9. The van der Waals surface area contributed by atoms with Gasteiger partial charge in [-0.25, -0.2) is 0 Å². The standard InChI is InChI=1S/C15H13ClN2O4/c16-11-3-6-13(14(9-11)18(21)22)15(20)17-12-4-1-10(2-5-12)7-8-19/h1-6,9,19H,7-8H2,(H,17,20). The zero-order valence-corrected chi connectivity index (χ0v) is 12.2. The Morgan fingerprint density at radius 1 is 1.23 bits per heavy atom. The molecule has 0 heterocycles. The summed E-state index contributed by atoms with van der Waals surface area (Å²) in [5, 5.41) is 22.6. The Bertz CT molecular complexity index is 701. The lowest BCUT2D eigenvalue weighted by atomic mass is 10.1. The molecule has 0 fully saturated rings. The SMILES string of the molecule is O=C(Nc1ccc(CCO)cc1)c1ccc(Cl)cc1[N+](=O)[O-]. The van der Waals surface area contributed by atoms with E-state index in [1.54, 1.807) is 24.3 Å². The van der Waals surface area contributed by atoms with Crippen LogP contribution in [0.4, 0.5) is 11.4 Å². The Morgan fingerprint density at radius 3 is 2.50 bits per heavy atom. The Labute approximate surface area is 131 Å². The van der Waals surface area contributed by atoms with E-state index >= 15 is 0 Å². The highest BCUT2D eigenvalue weighted by molar-refractivity contribution is 6.31. The molecule has 0 aliphatic rings. The second-order valence-electron chi connectivity index (χ2n) is 4.54. The number of carbonyl (C=O) groups excluding carboxylic acids is 1. The Morgan fingerprint density at radius 2 is 1.91 bits per heavy atom. The molecule has 0 saturated heterocycles. The second-order valence-corrected chi connectivity index (χ2v) is 4.98. The molecule has 114 valence electrons. The predicted molar refractivity (Wildman–Crippen MR) is 83.3 cm³/mol. The van der Waals surface area contributed by atoms with Gasteiger partial charge >= 0.3 is 0 Å². The number of nitrogens with zero attached hydrogens (tertiary/aromatic N) is 1. The van der Waals surface area contributed by atoms with Crippen LogP contribution in [0.2, 0.25) is 5.02 Å². The van der Waals surface area contributed by atoms with Crippen molar-refractivity contribution in [1.29, 1.82) is 0 Å². The van der Waals surface area contributed by atoms with Gasteiger partial charge in [0.05, 0.1) is 4.92 Å². The molecular formula is C15H13ClN2O4. The van der Waals surface area contributed by atoms with Crippen molar-refractivity contribution >= 4 is 28.9 Å². The van der Waals surface area contributed by atoms with Crippen LogP contribution < -0.4 is 5.32 Å². The zero-order valence-electron chi connectivity index (χ0n) is 11.5. The molecule has 0 saturated carbocycles. The van der Waals surface area contributed by atoms with Gasteiger partial charge in [0, 0.05) is 23.4 Å². The molecule has 2 N–H and O–H groups in total. The monoisotopic (exact) mass is 320 g/mol. The third kappa shape index (κ3) is 3.81. The van der Waals surface area contributed by atoms with Crippen LogP contribution in [0.3, 0.4) is 0 Å². The van der Waals surface area contributed by atoms with E-state index in [1.165, 1.54) is 12.1 Å². The Hall–Kier alpha value is -2.44. The number of anilines is 1. The number of benzene rings is 2. The molecule has 0 spiro atoms. The van der Waals surface area contributed by atoms with E-state index in [0.717, 1.165) is 11.6 Å². The summed E-state index contributed by atoms with van der Waals surface area (Å²) < 4.78 is 0. The molecule has 0 unspecified atom stereocenters. The van der Waals surface area contributed by atoms with Crippen LogP contribution in [0, 0.1) is 10.1 Å². The first-order valence-electron chi connectivity index (χ1n) is 6.46. The second kappa shape index (κ2) is 7.02. The van der Waals surface area contributed by atoms with Crippen LogP contribution in [0.1, 0.15) is 15.9 Å². The van der Waals surface area contributed by atoms with Crippen molar-refractivity contribution in [2.75, 3.05) is 11.9 Å². The first-order chi connectivity index (χ1) is 10.5. The smallest absolute Gasteiger partial charge is 0.283 e. The minimum atomic E-state index is -0.648. The summed E-state index contributed by atoms with van der Waals surface area (Å²) in [6.45, 7) is 0.0443. The number of nitro benzene ring substituents is 1. The molecule has 0 aliphatic carbocycles. The van der Waals surface area contributed by atoms with E-state index in [-0.39, 0.29) is 22.9 Å². The van der Waals surface area contributed by atoms with Crippen LogP contribution in [0.25, 0.3) is 0 Å². The van der Waals surface area contributed by atoms with E-state index in [2.05, 4.69) is 5.32 Å². The largest absolute Gasteiger partial charge is 0.396 e. The zero-order chi connectivity index (χ0) is 16.1. The van der Waals surface area contributed by atoms with E-state index in [1.807, 2.05) is 0 Å². The maximum Gasteiger partial charge on any atom is 0.283 e. The predicted octanol–water partition coefficient (Wildman–Crippen LogP) is 3.04. The van der Waals surface area contributed by atoms with Gasteiger partial charge in [-0.3, -0.25) is 14.9 Å². The molecule has 0 aliphatic heterocycles. The molecule has 0 bridgehead atoms. The molecule has 2 aromatic rings. The van der Waals surface area contributed by atoms with E-state index < -0.39 is 10.8 Å². The molecular weight excluding hydrogens is 308 g/mol. The topological polar surface area (TPSA) is 92.5 Å². The summed E-state index contributed by atoms with van der Waals surface area (Å²) in [6, 6.07) is 10.8. The molecule has 22 heavy (non-hydrogen) atoms. The molecule has 6 nitrogen and oxygen atoms in total. The Kier molecular flexibility index (Phi) is 5.08. The minimum Gasteiger partial charge on any atom is -0.396 e. The molecule has 1 amide bonds. The van der Waals surface area contributed by atoms with Gasteiger partial charge in [0.2, 0.25) is 0 Å². The summed E-state index contributed by atoms with van der Waals surface area (Å²) in [6.07, 6.45) is 0.525. The van der Waals surface area contributed by atoms with E-state index in [4.69, 9.17) is 16.7 Å². The molecule has 2 rings (SSSR count). The molecule has 0 aromatic heterocycles. The first-order valence-corrected chi connectivity index (χ1v) is 6.84. The van der Waals surface area contributed by atoms with Crippen molar-refractivity contribution in [3.8, 4) is 0 Å². The summed E-state index contributed by atoms with van der Waals surface area (Å²) in [4.78, 5) is 22.5. The fourth-order valence-electron chi connectivity index (χ4n) is 1.93. The highest BCUT2D eigenvalue weighted by Crippen LogP contribution is 2.24. The normalized spacial score (nSPS) is 10.3. The number of aliphatic hydroxyl groups is 1. The van der Waals surface area contributed by atoms with Gasteiger partial charge in [0.25, 0.3) is 11.6 Å². The maximum atomic E-state index is 12.2. The quantitative estimate of drug-likeness (QED) is 0.654. The lowest BCUT2D eigenvalue weighted by molar-refractivity contribution is -0.385. The van der Waals surface area contributed by atoms with Crippen molar-refractivity contribution in [2.24, 2.45) is 0 Å². The van der Waals surface area contributed by atoms with Crippen LogP contribution in [-0.4, -0.2) is 22.5 Å². The maximum absolute atomic E-state index is 12.2. The number of hydrogen-bond donors (Lipinski definition) is 2. The third-order valence-corrected chi connectivity index (χ3v) is 3.25. The van der Waals surface area contributed by atoms with E-state index in [0.29, 0.717) is 12.1 Å². The summed E-state index contributed by atoms with van der Waals surface area (Å²) in [7, 11) is 0. The van der Waals surface area contributed by atoms with E-state index in [9.17, 15) is 14.9 Å². The van der Waals surface area contributed by atoms with Crippen LogP contribution >= 0.6 is 11.6 Å². The number of aliphatic hydroxyl groups excluding tert-OH is 1. The van der Waals surface area contributed by atoms with Gasteiger partial charge in [-0.1, -0.05) is 23.7 Å². The number of carbonyl (C=O) groups is 1. The van der Waals surface area contributed by atoms with Gasteiger partial charge in [0.1, 0.15) is 5.56 Å². The van der Waals surface area contributed by atoms with Crippen LogP contribution in [0.15, 0.2) is 42.5 Å². The van der Waals surface area contributed by atoms with Crippen molar-refractivity contribution < 1.29 is 14.8 Å². The average molecular weight is 321 g/mol. The van der Waals surface area contributed by atoms with Gasteiger partial charge in [-0.05, 0) is 36.2 Å². The number of halogens is 1. The number of rotatable bonds is 5. The number of amides is 1. The van der Waals surface area contributed by atoms with Gasteiger partial charge < -0.3 is 10.4 Å². The molecule has 0 radical (unpaired) electrons. The Balaban J connectivity index is 2.20. The highest BCUT2D eigenvalue weighted by Gasteiger charge is 2.20. The van der Waals surface area contributed by atoms with Crippen LogP contribution in [0.5, 0.6) is 0 Å². The molecule has 7 heteroatoms. The van der Waals surface area contributed by atoms with Crippen molar-refractivity contribution in [1.82, 2.24) is 0 Å². The van der Waals surface area contributed by atoms with Crippen molar-refractivity contribution in [3.05, 3.63) is 68.7 Å².